The van der Waals surface area contributed by atoms with Gasteiger partial charge in [0.2, 0.25) is 0 Å². The van der Waals surface area contributed by atoms with Crippen molar-refractivity contribution in [2.45, 2.75) is 13.1 Å². The third kappa shape index (κ3) is 4.23. The SMILES string of the molecule is CN(C)c1ccc(CNCc2ccc(Cl)c(Br)c2)cc1. The summed E-state index contributed by atoms with van der Waals surface area (Å²) < 4.78 is 0.939. The molecule has 2 nitrogen and oxygen atoms in total. The van der Waals surface area contributed by atoms with Gasteiger partial charge in [0, 0.05) is 37.3 Å². The number of nitrogens with one attached hydrogen (secondary N) is 1. The standard InChI is InChI=1S/C16H18BrClN2/c1-20(2)14-6-3-12(4-7-14)10-19-11-13-5-8-16(18)15(17)9-13/h3-9,19H,10-11H2,1-2H3. The van der Waals surface area contributed by atoms with E-state index in [2.05, 4.69) is 50.4 Å². The van der Waals surface area contributed by atoms with Crippen LogP contribution in [0.15, 0.2) is 46.9 Å². The summed E-state index contributed by atoms with van der Waals surface area (Å²) in [6.07, 6.45) is 0. The van der Waals surface area contributed by atoms with Crippen LogP contribution in [0.3, 0.4) is 0 Å². The van der Waals surface area contributed by atoms with Gasteiger partial charge in [-0.25, -0.2) is 0 Å². The van der Waals surface area contributed by atoms with Crippen LogP contribution in [0.5, 0.6) is 0 Å². The Morgan fingerprint density at radius 1 is 1.00 bits per heavy atom. The molecule has 0 atom stereocenters. The van der Waals surface area contributed by atoms with E-state index in [1.165, 1.54) is 16.8 Å². The van der Waals surface area contributed by atoms with E-state index in [1.54, 1.807) is 0 Å². The highest BCUT2D eigenvalue weighted by molar-refractivity contribution is 9.10. The number of hydrogen-bond acceptors (Lipinski definition) is 2. The minimum Gasteiger partial charge on any atom is -0.378 e. The summed E-state index contributed by atoms with van der Waals surface area (Å²) in [7, 11) is 4.09. The summed E-state index contributed by atoms with van der Waals surface area (Å²) in [5.74, 6) is 0. The highest BCUT2D eigenvalue weighted by Gasteiger charge is 2.00. The van der Waals surface area contributed by atoms with Gasteiger partial charge in [-0.2, -0.15) is 0 Å². The Labute approximate surface area is 133 Å². The van der Waals surface area contributed by atoms with Crippen molar-refractivity contribution < 1.29 is 0 Å². The van der Waals surface area contributed by atoms with Gasteiger partial charge in [-0.05, 0) is 51.3 Å². The summed E-state index contributed by atoms with van der Waals surface area (Å²) in [5.41, 5.74) is 3.71. The van der Waals surface area contributed by atoms with Gasteiger partial charge in [-0.1, -0.05) is 29.8 Å². The highest BCUT2D eigenvalue weighted by Crippen LogP contribution is 2.23. The zero-order valence-electron chi connectivity index (χ0n) is 11.7. The molecule has 0 spiro atoms. The fourth-order valence-electron chi connectivity index (χ4n) is 1.91. The number of rotatable bonds is 5. The van der Waals surface area contributed by atoms with E-state index in [-0.39, 0.29) is 0 Å². The molecule has 2 rings (SSSR count). The van der Waals surface area contributed by atoms with Crippen LogP contribution in [-0.2, 0) is 13.1 Å². The van der Waals surface area contributed by atoms with Crippen molar-refractivity contribution in [1.29, 1.82) is 0 Å². The van der Waals surface area contributed by atoms with E-state index >= 15 is 0 Å². The Bertz CT molecular complexity index is 567. The zero-order chi connectivity index (χ0) is 14.5. The highest BCUT2D eigenvalue weighted by atomic mass is 79.9. The molecule has 0 aliphatic rings. The number of halogens is 2. The molecule has 0 saturated heterocycles. The lowest BCUT2D eigenvalue weighted by molar-refractivity contribution is 0.693. The van der Waals surface area contributed by atoms with Crippen molar-refractivity contribution in [3.63, 3.8) is 0 Å². The minimum atomic E-state index is 0.744. The summed E-state index contributed by atoms with van der Waals surface area (Å²) in [6, 6.07) is 14.6. The predicted octanol–water partition coefficient (Wildman–Crippen LogP) is 4.46. The third-order valence-electron chi connectivity index (χ3n) is 3.09. The van der Waals surface area contributed by atoms with E-state index in [0.717, 1.165) is 22.6 Å². The van der Waals surface area contributed by atoms with E-state index in [9.17, 15) is 0 Å². The average Bonchev–Trinajstić information content (AvgIpc) is 2.43. The Kier molecular flexibility index (Phi) is 5.46. The monoisotopic (exact) mass is 352 g/mol. The Balaban J connectivity index is 1.87. The maximum absolute atomic E-state index is 5.98. The quantitative estimate of drug-likeness (QED) is 0.854. The van der Waals surface area contributed by atoms with Gasteiger partial charge in [0.05, 0.1) is 5.02 Å². The Hall–Kier alpha value is -1.03. The number of nitrogens with zero attached hydrogens (tertiary/aromatic N) is 1. The second-order valence-corrected chi connectivity index (χ2v) is 6.17. The first-order chi connectivity index (χ1) is 9.56. The molecule has 0 amide bonds. The van der Waals surface area contributed by atoms with Crippen molar-refractivity contribution in [1.82, 2.24) is 5.32 Å². The normalized spacial score (nSPS) is 10.6. The summed E-state index contributed by atoms with van der Waals surface area (Å²) in [4.78, 5) is 2.10. The largest absolute Gasteiger partial charge is 0.378 e. The second kappa shape index (κ2) is 7.11. The number of benzene rings is 2. The summed E-state index contributed by atoms with van der Waals surface area (Å²) in [5, 5.41) is 4.18. The van der Waals surface area contributed by atoms with E-state index < -0.39 is 0 Å². The first-order valence-electron chi connectivity index (χ1n) is 6.47. The lowest BCUT2D eigenvalue weighted by Gasteiger charge is -2.13. The number of anilines is 1. The van der Waals surface area contributed by atoms with Gasteiger partial charge in [-0.3, -0.25) is 0 Å². The van der Waals surface area contributed by atoms with Crippen LogP contribution in [0.1, 0.15) is 11.1 Å². The van der Waals surface area contributed by atoms with E-state index in [4.69, 9.17) is 11.6 Å². The zero-order valence-corrected chi connectivity index (χ0v) is 14.0. The third-order valence-corrected chi connectivity index (χ3v) is 4.31. The molecular formula is C16H18BrClN2. The first-order valence-corrected chi connectivity index (χ1v) is 7.64. The molecule has 1 N–H and O–H groups in total. The molecule has 0 aromatic heterocycles. The first kappa shape index (κ1) is 15.4. The maximum Gasteiger partial charge on any atom is 0.0548 e. The molecule has 0 unspecified atom stereocenters. The van der Waals surface area contributed by atoms with Crippen molar-refractivity contribution in [3.8, 4) is 0 Å². The van der Waals surface area contributed by atoms with Crippen LogP contribution in [0.2, 0.25) is 5.02 Å². The molecule has 106 valence electrons. The Morgan fingerprint density at radius 3 is 2.20 bits per heavy atom. The molecule has 2 aromatic rings. The van der Waals surface area contributed by atoms with Crippen molar-refractivity contribution in [3.05, 3.63) is 63.1 Å². The van der Waals surface area contributed by atoms with Crippen LogP contribution in [0.25, 0.3) is 0 Å². The van der Waals surface area contributed by atoms with Crippen LogP contribution in [0, 0.1) is 0 Å². The van der Waals surface area contributed by atoms with Crippen LogP contribution in [-0.4, -0.2) is 14.1 Å². The maximum atomic E-state index is 5.98. The topological polar surface area (TPSA) is 15.3 Å². The lowest BCUT2D eigenvalue weighted by atomic mass is 10.2. The van der Waals surface area contributed by atoms with Crippen LogP contribution < -0.4 is 10.2 Å². The molecule has 0 aliphatic heterocycles. The van der Waals surface area contributed by atoms with Crippen molar-refractivity contribution >= 4 is 33.2 Å². The van der Waals surface area contributed by atoms with Gasteiger partial charge in [-0.15, -0.1) is 0 Å². The van der Waals surface area contributed by atoms with Gasteiger partial charge >= 0.3 is 0 Å². The second-order valence-electron chi connectivity index (χ2n) is 4.91. The van der Waals surface area contributed by atoms with E-state index in [0.29, 0.717) is 0 Å². The molecule has 0 bridgehead atoms. The van der Waals surface area contributed by atoms with Gasteiger partial charge in [0.1, 0.15) is 0 Å². The fourth-order valence-corrected chi connectivity index (χ4v) is 2.46. The van der Waals surface area contributed by atoms with Crippen LogP contribution in [0.4, 0.5) is 5.69 Å². The molecular weight excluding hydrogens is 336 g/mol. The molecule has 0 radical (unpaired) electrons. The average molecular weight is 354 g/mol. The smallest absolute Gasteiger partial charge is 0.0548 e. The lowest BCUT2D eigenvalue weighted by Crippen LogP contribution is -2.13. The molecule has 20 heavy (non-hydrogen) atoms. The molecule has 0 aliphatic carbocycles. The molecule has 0 heterocycles. The van der Waals surface area contributed by atoms with Gasteiger partial charge in [0.25, 0.3) is 0 Å². The molecule has 0 saturated carbocycles. The molecule has 2 aromatic carbocycles. The Morgan fingerprint density at radius 2 is 1.60 bits per heavy atom. The van der Waals surface area contributed by atoms with Gasteiger partial charge in [0.15, 0.2) is 0 Å². The van der Waals surface area contributed by atoms with Crippen molar-refractivity contribution in [2.24, 2.45) is 0 Å². The summed E-state index contributed by atoms with van der Waals surface area (Å²) in [6.45, 7) is 1.68. The summed E-state index contributed by atoms with van der Waals surface area (Å²) >= 11 is 9.42. The molecule has 0 fully saturated rings. The van der Waals surface area contributed by atoms with E-state index in [1.807, 2.05) is 32.3 Å². The van der Waals surface area contributed by atoms with Crippen molar-refractivity contribution in [2.75, 3.05) is 19.0 Å². The number of hydrogen-bond donors (Lipinski definition) is 1. The predicted molar refractivity (Wildman–Crippen MR) is 90.5 cm³/mol. The fraction of sp³-hybridized carbons (Fsp3) is 0.250. The van der Waals surface area contributed by atoms with Gasteiger partial charge < -0.3 is 10.2 Å². The minimum absolute atomic E-state index is 0.744. The van der Waals surface area contributed by atoms with Crippen LogP contribution >= 0.6 is 27.5 Å². The molecule has 4 heteroatoms.